The Morgan fingerprint density at radius 2 is 1.88 bits per heavy atom. The lowest BCUT2D eigenvalue weighted by molar-refractivity contribution is 0.105. The third-order valence-corrected chi connectivity index (χ3v) is 4.49. The summed E-state index contributed by atoms with van der Waals surface area (Å²) in [5, 5.41) is 3.61. The Morgan fingerprint density at radius 3 is 2.47 bits per heavy atom. The first kappa shape index (κ1) is 13.3. The van der Waals surface area contributed by atoms with E-state index in [1.165, 1.54) is 51.4 Å². The Kier molecular flexibility index (Phi) is 5.26. The highest BCUT2D eigenvalue weighted by atomic mass is 16.5. The van der Waals surface area contributed by atoms with E-state index in [9.17, 15) is 0 Å². The van der Waals surface area contributed by atoms with Gasteiger partial charge in [0.2, 0.25) is 0 Å². The largest absolute Gasteiger partial charge is 0.377 e. The third kappa shape index (κ3) is 3.94. The van der Waals surface area contributed by atoms with Crippen LogP contribution in [0.2, 0.25) is 0 Å². The Balaban J connectivity index is 1.73. The molecule has 1 atom stereocenters. The SMILES string of the molecule is NCC1(CNCC2CCCO2)CCCCCC1. The van der Waals surface area contributed by atoms with E-state index in [2.05, 4.69) is 5.32 Å². The summed E-state index contributed by atoms with van der Waals surface area (Å²) < 4.78 is 5.64. The van der Waals surface area contributed by atoms with E-state index in [1.54, 1.807) is 0 Å². The molecule has 1 aliphatic heterocycles. The van der Waals surface area contributed by atoms with E-state index < -0.39 is 0 Å². The summed E-state index contributed by atoms with van der Waals surface area (Å²) in [6.45, 7) is 3.89. The van der Waals surface area contributed by atoms with Gasteiger partial charge in [-0.15, -0.1) is 0 Å². The van der Waals surface area contributed by atoms with Gasteiger partial charge < -0.3 is 15.8 Å². The van der Waals surface area contributed by atoms with E-state index in [-0.39, 0.29) is 0 Å². The van der Waals surface area contributed by atoms with Crippen molar-refractivity contribution in [1.29, 1.82) is 0 Å². The molecular formula is C14H28N2O. The third-order valence-electron chi connectivity index (χ3n) is 4.49. The molecule has 2 rings (SSSR count). The fraction of sp³-hybridized carbons (Fsp3) is 1.00. The van der Waals surface area contributed by atoms with Gasteiger partial charge in [-0.1, -0.05) is 25.7 Å². The average Bonchev–Trinajstić information content (AvgIpc) is 2.75. The molecule has 17 heavy (non-hydrogen) atoms. The van der Waals surface area contributed by atoms with Crippen molar-refractivity contribution in [3.8, 4) is 0 Å². The van der Waals surface area contributed by atoms with Gasteiger partial charge in [-0.25, -0.2) is 0 Å². The highest BCUT2D eigenvalue weighted by molar-refractivity contribution is 4.85. The topological polar surface area (TPSA) is 47.3 Å². The molecule has 1 aliphatic carbocycles. The Labute approximate surface area is 105 Å². The quantitative estimate of drug-likeness (QED) is 0.723. The zero-order chi connectivity index (χ0) is 12.0. The zero-order valence-corrected chi connectivity index (χ0v) is 11.0. The normalized spacial score (nSPS) is 29.1. The smallest absolute Gasteiger partial charge is 0.0700 e. The zero-order valence-electron chi connectivity index (χ0n) is 11.0. The van der Waals surface area contributed by atoms with Gasteiger partial charge in [0.05, 0.1) is 6.10 Å². The Bertz CT molecular complexity index is 206. The first-order valence-corrected chi connectivity index (χ1v) is 7.37. The summed E-state index contributed by atoms with van der Waals surface area (Å²) >= 11 is 0. The maximum absolute atomic E-state index is 6.03. The molecule has 0 amide bonds. The molecule has 0 aromatic carbocycles. The van der Waals surface area contributed by atoms with Crippen molar-refractivity contribution in [3.63, 3.8) is 0 Å². The minimum absolute atomic E-state index is 0.370. The molecule has 0 bridgehead atoms. The molecule has 0 aromatic heterocycles. The summed E-state index contributed by atoms with van der Waals surface area (Å²) in [6.07, 6.45) is 11.0. The molecule has 0 aromatic rings. The second-order valence-electron chi connectivity index (χ2n) is 5.88. The van der Waals surface area contributed by atoms with Crippen molar-refractivity contribution >= 4 is 0 Å². The van der Waals surface area contributed by atoms with Gasteiger partial charge in [-0.2, -0.15) is 0 Å². The summed E-state index contributed by atoms with van der Waals surface area (Å²) in [5.41, 5.74) is 6.40. The van der Waals surface area contributed by atoms with Gasteiger partial charge in [0.25, 0.3) is 0 Å². The van der Waals surface area contributed by atoms with Crippen LogP contribution in [0, 0.1) is 5.41 Å². The molecule has 2 aliphatic rings. The highest BCUT2D eigenvalue weighted by Crippen LogP contribution is 2.33. The van der Waals surface area contributed by atoms with Crippen LogP contribution in [0.5, 0.6) is 0 Å². The van der Waals surface area contributed by atoms with Crippen molar-refractivity contribution < 1.29 is 4.74 Å². The molecule has 0 radical (unpaired) electrons. The number of nitrogens with two attached hydrogens (primary N) is 1. The van der Waals surface area contributed by atoms with Crippen LogP contribution in [0.4, 0.5) is 0 Å². The predicted octanol–water partition coefficient (Wildman–Crippen LogP) is 2.05. The summed E-state index contributed by atoms with van der Waals surface area (Å²) in [4.78, 5) is 0. The lowest BCUT2D eigenvalue weighted by Gasteiger charge is -2.32. The van der Waals surface area contributed by atoms with Crippen molar-refractivity contribution in [2.24, 2.45) is 11.1 Å². The molecular weight excluding hydrogens is 212 g/mol. The monoisotopic (exact) mass is 240 g/mol. The predicted molar refractivity (Wildman–Crippen MR) is 71.0 cm³/mol. The van der Waals surface area contributed by atoms with E-state index >= 15 is 0 Å². The molecule has 3 heteroatoms. The van der Waals surface area contributed by atoms with E-state index in [0.717, 1.165) is 26.2 Å². The van der Waals surface area contributed by atoms with Crippen LogP contribution >= 0.6 is 0 Å². The second-order valence-corrected chi connectivity index (χ2v) is 5.88. The maximum Gasteiger partial charge on any atom is 0.0700 e. The van der Waals surface area contributed by atoms with Gasteiger partial charge in [-0.3, -0.25) is 0 Å². The Hall–Kier alpha value is -0.120. The van der Waals surface area contributed by atoms with Gasteiger partial charge in [0.15, 0.2) is 0 Å². The second kappa shape index (κ2) is 6.72. The average molecular weight is 240 g/mol. The van der Waals surface area contributed by atoms with Gasteiger partial charge in [-0.05, 0) is 37.6 Å². The molecule has 1 unspecified atom stereocenters. The van der Waals surface area contributed by atoms with Crippen molar-refractivity contribution in [1.82, 2.24) is 5.32 Å². The molecule has 0 spiro atoms. The van der Waals surface area contributed by atoms with Gasteiger partial charge in [0.1, 0.15) is 0 Å². The fourth-order valence-corrected chi connectivity index (χ4v) is 3.24. The summed E-state index contributed by atoms with van der Waals surface area (Å²) in [7, 11) is 0. The van der Waals surface area contributed by atoms with Crippen LogP contribution in [0.25, 0.3) is 0 Å². The van der Waals surface area contributed by atoms with Crippen molar-refractivity contribution in [3.05, 3.63) is 0 Å². The van der Waals surface area contributed by atoms with Gasteiger partial charge >= 0.3 is 0 Å². The number of hydrogen-bond acceptors (Lipinski definition) is 3. The van der Waals surface area contributed by atoms with Crippen LogP contribution in [0.1, 0.15) is 51.4 Å². The summed E-state index contributed by atoms with van der Waals surface area (Å²) in [5.74, 6) is 0. The first-order valence-electron chi connectivity index (χ1n) is 7.37. The lowest BCUT2D eigenvalue weighted by atomic mass is 9.80. The minimum Gasteiger partial charge on any atom is -0.377 e. The molecule has 100 valence electrons. The first-order chi connectivity index (χ1) is 8.35. The Morgan fingerprint density at radius 1 is 1.12 bits per heavy atom. The van der Waals surface area contributed by atoms with Crippen LogP contribution < -0.4 is 11.1 Å². The lowest BCUT2D eigenvalue weighted by Crippen LogP contribution is -2.42. The minimum atomic E-state index is 0.370. The van der Waals surface area contributed by atoms with E-state index in [0.29, 0.717) is 11.5 Å². The molecule has 1 heterocycles. The highest BCUT2D eigenvalue weighted by Gasteiger charge is 2.29. The van der Waals surface area contributed by atoms with E-state index in [1.807, 2.05) is 0 Å². The molecule has 3 nitrogen and oxygen atoms in total. The van der Waals surface area contributed by atoms with Crippen molar-refractivity contribution in [2.75, 3.05) is 26.2 Å². The molecule has 2 fully saturated rings. The molecule has 3 N–H and O–H groups in total. The van der Waals surface area contributed by atoms with Crippen LogP contribution in [-0.2, 0) is 4.74 Å². The van der Waals surface area contributed by atoms with Crippen molar-refractivity contribution in [2.45, 2.75) is 57.5 Å². The summed E-state index contributed by atoms with van der Waals surface area (Å²) in [6, 6.07) is 0. The van der Waals surface area contributed by atoms with Crippen LogP contribution in [-0.4, -0.2) is 32.3 Å². The van der Waals surface area contributed by atoms with E-state index in [4.69, 9.17) is 10.5 Å². The number of ether oxygens (including phenoxy) is 1. The van der Waals surface area contributed by atoms with Gasteiger partial charge in [0, 0.05) is 19.7 Å². The number of nitrogens with one attached hydrogen (secondary N) is 1. The van der Waals surface area contributed by atoms with Crippen LogP contribution in [0.3, 0.4) is 0 Å². The number of hydrogen-bond donors (Lipinski definition) is 2. The molecule has 1 saturated heterocycles. The molecule has 1 saturated carbocycles. The standard InChI is InChI=1S/C14H28N2O/c15-11-14(7-3-1-2-4-8-14)12-16-10-13-6-5-9-17-13/h13,16H,1-12,15H2. The number of rotatable bonds is 5. The maximum atomic E-state index is 6.03. The fourth-order valence-electron chi connectivity index (χ4n) is 3.24. The van der Waals surface area contributed by atoms with Crippen LogP contribution in [0.15, 0.2) is 0 Å².